The number of aldehydes is 1. The lowest BCUT2D eigenvalue weighted by molar-refractivity contribution is -0.143. The Morgan fingerprint density at radius 3 is 2.24 bits per heavy atom. The van der Waals surface area contributed by atoms with Crippen molar-refractivity contribution in [2.45, 2.75) is 71.0 Å². The van der Waals surface area contributed by atoms with Crippen LogP contribution in [0.15, 0.2) is 35.9 Å². The van der Waals surface area contributed by atoms with Crippen LogP contribution in [0.4, 0.5) is 4.39 Å². The van der Waals surface area contributed by atoms with E-state index < -0.39 is 23.3 Å². The van der Waals surface area contributed by atoms with Crippen LogP contribution in [-0.4, -0.2) is 72.4 Å². The number of amidine groups is 1. The van der Waals surface area contributed by atoms with E-state index in [9.17, 15) is 23.6 Å². The van der Waals surface area contributed by atoms with Gasteiger partial charge >= 0.3 is 0 Å². The maximum Gasteiger partial charge on any atom is 0.286 e. The van der Waals surface area contributed by atoms with Gasteiger partial charge < -0.3 is 15.5 Å². The van der Waals surface area contributed by atoms with Gasteiger partial charge in [0, 0.05) is 40.6 Å². The molecular weight excluding hydrogens is 477 g/mol. The summed E-state index contributed by atoms with van der Waals surface area (Å²) in [5, 5.41) is 14.0. The van der Waals surface area contributed by atoms with E-state index in [1.807, 2.05) is 27.9 Å². The number of carbonyl (C=O) groups is 4. The minimum atomic E-state index is -0.648. The average molecular weight is 522 g/mol. The Morgan fingerprint density at radius 2 is 1.73 bits per heavy atom. The summed E-state index contributed by atoms with van der Waals surface area (Å²) in [5.41, 5.74) is 0.274. The number of halogens is 1. The third-order valence-electron chi connectivity index (χ3n) is 6.46. The number of carbonyl (C=O) groups excluding carboxylic acids is 4. The molecule has 2 bridgehead atoms. The fraction of sp³-hybridized carbons (Fsp3) is 0.519. The number of benzene rings is 1. The van der Waals surface area contributed by atoms with Crippen LogP contribution in [0.2, 0.25) is 0 Å². The SMILES string of the molecule is C/C(=C\C(=O)NCc1ccc(F)cc1)C(=O)N1C(=N)CC2(N(C)C(=O)C=O)CCC1CC2.CC.CNC.[HH].[HH]. The number of nitrogens with one attached hydrogen (secondary N) is 3. The highest BCUT2D eigenvalue weighted by Crippen LogP contribution is 2.42. The first-order valence-corrected chi connectivity index (χ1v) is 12.5. The third kappa shape index (κ3) is 8.31. The van der Waals surface area contributed by atoms with Crippen molar-refractivity contribution in [3.05, 3.63) is 47.3 Å². The van der Waals surface area contributed by atoms with E-state index in [1.165, 1.54) is 34.9 Å². The number of likely N-dealkylation sites (N-methyl/N-ethyl adjacent to an activating group) is 1. The minimum Gasteiger partial charge on any atom is -0.348 e. The second-order valence-electron chi connectivity index (χ2n) is 8.94. The van der Waals surface area contributed by atoms with Gasteiger partial charge in [0.05, 0.1) is 5.54 Å². The first-order chi connectivity index (χ1) is 17.6. The summed E-state index contributed by atoms with van der Waals surface area (Å²) in [6.07, 6.45) is 4.06. The zero-order chi connectivity index (χ0) is 28.2. The molecule has 9 nitrogen and oxygen atoms in total. The quantitative estimate of drug-likeness (QED) is 0.301. The van der Waals surface area contributed by atoms with Gasteiger partial charge in [-0.05, 0) is 64.4 Å². The highest BCUT2D eigenvalue weighted by Gasteiger charge is 2.48. The molecule has 0 radical (unpaired) electrons. The van der Waals surface area contributed by atoms with Crippen molar-refractivity contribution in [1.29, 1.82) is 5.41 Å². The largest absolute Gasteiger partial charge is 0.348 e. The molecule has 3 N–H and O–H groups in total. The first kappa shape index (κ1) is 31.6. The summed E-state index contributed by atoms with van der Waals surface area (Å²) in [5.74, 6) is -1.79. The molecule has 3 aliphatic rings. The number of hydrogen-bond acceptors (Lipinski definition) is 6. The molecule has 4 rings (SSSR count). The van der Waals surface area contributed by atoms with Crippen molar-refractivity contribution in [2.24, 2.45) is 0 Å². The summed E-state index contributed by atoms with van der Waals surface area (Å²) in [4.78, 5) is 51.2. The maximum absolute atomic E-state index is 13.1. The minimum absolute atomic E-state index is 0. The van der Waals surface area contributed by atoms with E-state index in [0.29, 0.717) is 25.7 Å². The Labute approximate surface area is 221 Å². The van der Waals surface area contributed by atoms with Crippen molar-refractivity contribution in [3.8, 4) is 0 Å². The molecule has 1 saturated carbocycles. The molecule has 0 unspecified atom stereocenters. The summed E-state index contributed by atoms with van der Waals surface area (Å²) < 4.78 is 13.0. The lowest BCUT2D eigenvalue weighted by Crippen LogP contribution is -2.51. The summed E-state index contributed by atoms with van der Waals surface area (Å²) in [6.45, 7) is 5.72. The van der Waals surface area contributed by atoms with Crippen LogP contribution in [0.3, 0.4) is 0 Å². The van der Waals surface area contributed by atoms with Crippen molar-refractivity contribution >= 4 is 29.8 Å². The Bertz CT molecular complexity index is 996. The molecule has 0 atom stereocenters. The number of fused-ring (bicyclic) bond motifs is 4. The summed E-state index contributed by atoms with van der Waals surface area (Å²) in [6, 6.07) is 5.55. The van der Waals surface area contributed by atoms with Crippen molar-refractivity contribution in [1.82, 2.24) is 20.4 Å². The predicted molar refractivity (Wildman–Crippen MR) is 146 cm³/mol. The molecule has 37 heavy (non-hydrogen) atoms. The van der Waals surface area contributed by atoms with Gasteiger partial charge in [0.25, 0.3) is 11.8 Å². The number of hydrogen-bond donors (Lipinski definition) is 3. The molecule has 1 aromatic rings. The Morgan fingerprint density at radius 1 is 1.19 bits per heavy atom. The van der Waals surface area contributed by atoms with Gasteiger partial charge in [0.1, 0.15) is 11.7 Å². The van der Waals surface area contributed by atoms with Crippen LogP contribution in [-0.2, 0) is 25.7 Å². The summed E-state index contributed by atoms with van der Waals surface area (Å²) >= 11 is 0. The van der Waals surface area contributed by atoms with Gasteiger partial charge in [-0.25, -0.2) is 4.39 Å². The third-order valence-corrected chi connectivity index (χ3v) is 6.46. The Kier molecular flexibility index (Phi) is 12.8. The molecule has 208 valence electrons. The first-order valence-electron chi connectivity index (χ1n) is 12.5. The molecule has 3 fully saturated rings. The molecule has 2 heterocycles. The molecule has 10 heteroatoms. The average Bonchev–Trinajstić information content (AvgIpc) is 3.13. The van der Waals surface area contributed by atoms with E-state index in [1.54, 1.807) is 19.2 Å². The lowest BCUT2D eigenvalue weighted by Gasteiger charge is -2.42. The van der Waals surface area contributed by atoms with E-state index in [-0.39, 0.29) is 45.4 Å². The van der Waals surface area contributed by atoms with E-state index >= 15 is 0 Å². The van der Waals surface area contributed by atoms with E-state index in [4.69, 9.17) is 5.41 Å². The van der Waals surface area contributed by atoms with E-state index in [0.717, 1.165) is 5.56 Å². The molecule has 1 aromatic carbocycles. The Balaban J connectivity index is 0. The Hall–Kier alpha value is -3.40. The summed E-state index contributed by atoms with van der Waals surface area (Å²) in [7, 11) is 5.32. The highest BCUT2D eigenvalue weighted by atomic mass is 19.1. The fourth-order valence-corrected chi connectivity index (χ4v) is 4.54. The van der Waals surface area contributed by atoms with Crippen molar-refractivity contribution in [2.75, 3.05) is 21.1 Å². The molecule has 2 aliphatic heterocycles. The monoisotopic (exact) mass is 521 g/mol. The van der Waals surface area contributed by atoms with Crippen molar-refractivity contribution < 1.29 is 26.4 Å². The molecule has 0 aromatic heterocycles. The van der Waals surface area contributed by atoms with Crippen LogP contribution in [0, 0.1) is 11.2 Å². The van der Waals surface area contributed by atoms with Gasteiger partial charge in [-0.15, -0.1) is 0 Å². The van der Waals surface area contributed by atoms with E-state index in [2.05, 4.69) is 10.6 Å². The van der Waals surface area contributed by atoms with Crippen LogP contribution >= 0.6 is 0 Å². The smallest absolute Gasteiger partial charge is 0.286 e. The van der Waals surface area contributed by atoms with Crippen LogP contribution in [0.25, 0.3) is 0 Å². The second kappa shape index (κ2) is 15.0. The van der Waals surface area contributed by atoms with Crippen LogP contribution < -0.4 is 10.6 Å². The predicted octanol–water partition coefficient (Wildman–Crippen LogP) is 3.29. The highest BCUT2D eigenvalue weighted by molar-refractivity contribution is 6.23. The standard InChI is InChI=1S/C23H27FN4O4.C2H7N.C2H6.2H2/c1-15(11-20(30)26-13-16-3-5-17(24)6-4-16)22(32)28-18-7-9-23(10-8-18,12-19(28)25)27(2)21(31)14-29;1-3-2;1-2;;/h3-6,11,14,18,25H,7-10,12-13H2,1-2H3,(H,26,30);3H,1-2H3;1-2H3;2*1H/b15-11+,25-19?;;;;. The van der Waals surface area contributed by atoms with Gasteiger partial charge in [-0.3, -0.25) is 29.5 Å². The molecule has 0 spiro atoms. The van der Waals surface area contributed by atoms with Crippen molar-refractivity contribution in [3.63, 3.8) is 0 Å². The number of rotatable bonds is 6. The maximum atomic E-state index is 13.1. The fourth-order valence-electron chi connectivity index (χ4n) is 4.54. The van der Waals surface area contributed by atoms with Gasteiger partial charge in [-0.1, -0.05) is 26.0 Å². The van der Waals surface area contributed by atoms with Gasteiger partial charge in [0.15, 0.2) is 0 Å². The second-order valence-corrected chi connectivity index (χ2v) is 8.94. The normalized spacial score (nSPS) is 20.4. The number of nitrogens with zero attached hydrogens (tertiary/aromatic N) is 2. The molecular formula is C27H44FN5O4. The van der Waals surface area contributed by atoms with Gasteiger partial charge in [-0.2, -0.15) is 0 Å². The van der Waals surface area contributed by atoms with Gasteiger partial charge in [0.2, 0.25) is 12.2 Å². The zero-order valence-corrected chi connectivity index (χ0v) is 22.7. The molecule has 3 amide bonds. The zero-order valence-electron chi connectivity index (χ0n) is 22.7. The molecule has 2 saturated heterocycles. The van der Waals surface area contributed by atoms with Crippen LogP contribution in [0.5, 0.6) is 0 Å². The van der Waals surface area contributed by atoms with Crippen LogP contribution in [0.1, 0.15) is 61.3 Å². The lowest BCUT2D eigenvalue weighted by atomic mass is 9.78. The topological polar surface area (TPSA) is 123 Å². The molecule has 1 aliphatic carbocycles. The number of amides is 3.